The molecule has 1 aromatic carbocycles. The first-order valence-electron chi connectivity index (χ1n) is 7.74. The minimum Gasteiger partial charge on any atom is -0.467 e. The molecule has 25 heavy (non-hydrogen) atoms. The summed E-state index contributed by atoms with van der Waals surface area (Å²) in [6, 6.07) is 9.85. The number of ether oxygens (including phenoxy) is 1. The highest BCUT2D eigenvalue weighted by molar-refractivity contribution is 6.30. The summed E-state index contributed by atoms with van der Waals surface area (Å²) in [6.07, 6.45) is 0.453. The number of furan rings is 1. The van der Waals surface area contributed by atoms with Crippen molar-refractivity contribution < 1.29 is 23.5 Å². The van der Waals surface area contributed by atoms with Crippen LogP contribution in [0, 0.1) is 0 Å². The number of amides is 1. The number of rotatable bonds is 8. The molecule has 6 nitrogen and oxygen atoms in total. The molecule has 1 N–H and O–H groups in total. The second-order valence-corrected chi connectivity index (χ2v) is 5.80. The number of hydrogen-bond donors (Lipinski definition) is 1. The Morgan fingerprint density at radius 1 is 1.16 bits per heavy atom. The monoisotopic (exact) mass is 363 g/mol. The Bertz CT molecular complexity index is 724. The second kappa shape index (κ2) is 9.03. The highest BCUT2D eigenvalue weighted by Gasteiger charge is 2.18. The molecule has 0 unspecified atom stereocenters. The first kappa shape index (κ1) is 18.7. The fraction of sp³-hybridized carbons (Fsp3) is 0.278. The summed E-state index contributed by atoms with van der Waals surface area (Å²) in [4.78, 5) is 35.6. The van der Waals surface area contributed by atoms with Crippen LogP contribution in [0.3, 0.4) is 0 Å². The van der Waals surface area contributed by atoms with Gasteiger partial charge in [-0.15, -0.1) is 0 Å². The molecular weight excluding hydrogens is 346 g/mol. The van der Waals surface area contributed by atoms with Crippen LogP contribution in [0.25, 0.3) is 0 Å². The number of nitrogens with one attached hydrogen (secondary N) is 1. The lowest BCUT2D eigenvalue weighted by molar-refractivity contribution is -0.154. The summed E-state index contributed by atoms with van der Waals surface area (Å²) < 4.78 is 10.1. The Morgan fingerprint density at radius 2 is 1.88 bits per heavy atom. The van der Waals surface area contributed by atoms with E-state index in [0.29, 0.717) is 16.3 Å². The van der Waals surface area contributed by atoms with Crippen molar-refractivity contribution in [3.05, 3.63) is 59.0 Å². The zero-order chi connectivity index (χ0) is 18.2. The van der Waals surface area contributed by atoms with E-state index in [1.54, 1.807) is 36.4 Å². The lowest BCUT2D eigenvalue weighted by Gasteiger charge is -2.12. The number of benzene rings is 1. The predicted octanol–water partition coefficient (Wildman–Crippen LogP) is 3.14. The molecule has 2 rings (SSSR count). The molecule has 0 aliphatic heterocycles. The van der Waals surface area contributed by atoms with Crippen LogP contribution in [0.4, 0.5) is 0 Å². The van der Waals surface area contributed by atoms with Crippen molar-refractivity contribution in [1.29, 1.82) is 0 Å². The highest BCUT2D eigenvalue weighted by Crippen LogP contribution is 2.12. The predicted molar refractivity (Wildman–Crippen MR) is 91.1 cm³/mol. The Hall–Kier alpha value is -2.60. The van der Waals surface area contributed by atoms with Gasteiger partial charge in [-0.05, 0) is 43.3 Å². The molecule has 0 aliphatic carbocycles. The summed E-state index contributed by atoms with van der Waals surface area (Å²) in [6.45, 7) is 1.68. The van der Waals surface area contributed by atoms with Crippen molar-refractivity contribution in [3.63, 3.8) is 0 Å². The van der Waals surface area contributed by atoms with E-state index in [9.17, 15) is 14.4 Å². The third-order valence-electron chi connectivity index (χ3n) is 3.42. The van der Waals surface area contributed by atoms with Gasteiger partial charge in [-0.1, -0.05) is 11.6 Å². The number of hydrogen-bond acceptors (Lipinski definition) is 5. The van der Waals surface area contributed by atoms with Gasteiger partial charge in [-0.3, -0.25) is 14.4 Å². The van der Waals surface area contributed by atoms with Gasteiger partial charge < -0.3 is 14.5 Å². The Balaban J connectivity index is 1.72. The van der Waals surface area contributed by atoms with Crippen molar-refractivity contribution >= 4 is 29.3 Å². The zero-order valence-corrected chi connectivity index (χ0v) is 14.4. The Kier molecular flexibility index (Phi) is 6.77. The molecule has 0 spiro atoms. The fourth-order valence-corrected chi connectivity index (χ4v) is 2.16. The quantitative estimate of drug-likeness (QED) is 0.575. The molecule has 7 heteroatoms. The van der Waals surface area contributed by atoms with E-state index >= 15 is 0 Å². The molecule has 0 radical (unpaired) electrons. The van der Waals surface area contributed by atoms with Gasteiger partial charge in [0, 0.05) is 17.0 Å². The number of Topliss-reactive ketones (excluding diaryl/α,β-unsaturated/α-hetero) is 1. The standard InChI is InChI=1S/C18H18ClNO5/c1-12(18(23)20-11-15-3-2-10-24-15)25-17(22)9-8-16(21)13-4-6-14(19)7-5-13/h2-7,10,12H,8-9,11H2,1H3,(H,20,23)/t12-/m0/s1. The van der Waals surface area contributed by atoms with Gasteiger partial charge in [0.25, 0.3) is 5.91 Å². The lowest BCUT2D eigenvalue weighted by Crippen LogP contribution is -2.35. The van der Waals surface area contributed by atoms with Crippen LogP contribution in [0.2, 0.25) is 5.02 Å². The molecule has 1 heterocycles. The smallest absolute Gasteiger partial charge is 0.307 e. The van der Waals surface area contributed by atoms with Crippen molar-refractivity contribution in [1.82, 2.24) is 5.32 Å². The van der Waals surface area contributed by atoms with Crippen LogP contribution in [-0.4, -0.2) is 23.8 Å². The first-order valence-corrected chi connectivity index (χ1v) is 8.12. The molecule has 132 valence electrons. The van der Waals surface area contributed by atoms with Crippen LogP contribution in [0.1, 0.15) is 35.9 Å². The van der Waals surface area contributed by atoms with Gasteiger partial charge in [0.05, 0.1) is 19.2 Å². The summed E-state index contributed by atoms with van der Waals surface area (Å²) in [5, 5.41) is 3.13. The van der Waals surface area contributed by atoms with E-state index in [4.69, 9.17) is 20.8 Å². The summed E-state index contributed by atoms with van der Waals surface area (Å²) in [7, 11) is 0. The topological polar surface area (TPSA) is 85.6 Å². The van der Waals surface area contributed by atoms with Crippen LogP contribution in [0.15, 0.2) is 47.1 Å². The molecule has 1 amide bonds. The molecule has 0 saturated carbocycles. The van der Waals surface area contributed by atoms with Crippen LogP contribution in [-0.2, 0) is 20.9 Å². The van der Waals surface area contributed by atoms with Crippen molar-refractivity contribution in [3.8, 4) is 0 Å². The molecule has 1 aromatic heterocycles. The minimum atomic E-state index is -0.951. The van der Waals surface area contributed by atoms with E-state index in [1.807, 2.05) is 0 Å². The maximum absolute atomic E-state index is 12.0. The van der Waals surface area contributed by atoms with Crippen LogP contribution >= 0.6 is 11.6 Å². The average Bonchev–Trinajstić information content (AvgIpc) is 3.11. The molecule has 1 atom stereocenters. The average molecular weight is 364 g/mol. The van der Waals surface area contributed by atoms with Gasteiger partial charge in [0.2, 0.25) is 0 Å². The first-order chi connectivity index (χ1) is 12.0. The van der Waals surface area contributed by atoms with E-state index in [-0.39, 0.29) is 25.2 Å². The van der Waals surface area contributed by atoms with Gasteiger partial charge >= 0.3 is 5.97 Å². The number of esters is 1. The number of carbonyl (C=O) groups excluding carboxylic acids is 3. The van der Waals surface area contributed by atoms with Gasteiger partial charge in [0.15, 0.2) is 11.9 Å². The van der Waals surface area contributed by atoms with E-state index in [0.717, 1.165) is 0 Å². The number of halogens is 1. The molecule has 0 fully saturated rings. The molecule has 0 bridgehead atoms. The largest absolute Gasteiger partial charge is 0.467 e. The maximum Gasteiger partial charge on any atom is 0.307 e. The van der Waals surface area contributed by atoms with Gasteiger partial charge in [-0.25, -0.2) is 0 Å². The van der Waals surface area contributed by atoms with Crippen LogP contribution in [0.5, 0.6) is 0 Å². The van der Waals surface area contributed by atoms with Crippen molar-refractivity contribution in [2.75, 3.05) is 0 Å². The summed E-state index contributed by atoms with van der Waals surface area (Å²) in [5.74, 6) is -0.638. The Labute approximate surface area is 150 Å². The van der Waals surface area contributed by atoms with Gasteiger partial charge in [-0.2, -0.15) is 0 Å². The van der Waals surface area contributed by atoms with E-state index in [1.165, 1.54) is 13.2 Å². The summed E-state index contributed by atoms with van der Waals surface area (Å²) >= 11 is 5.76. The zero-order valence-electron chi connectivity index (χ0n) is 13.7. The van der Waals surface area contributed by atoms with Crippen molar-refractivity contribution in [2.24, 2.45) is 0 Å². The van der Waals surface area contributed by atoms with E-state index < -0.39 is 18.0 Å². The molecule has 0 aliphatic rings. The third-order valence-corrected chi connectivity index (χ3v) is 3.67. The SMILES string of the molecule is C[C@H](OC(=O)CCC(=O)c1ccc(Cl)cc1)C(=O)NCc1ccco1. The van der Waals surface area contributed by atoms with Crippen molar-refractivity contribution in [2.45, 2.75) is 32.4 Å². The van der Waals surface area contributed by atoms with Crippen LogP contribution < -0.4 is 5.32 Å². The van der Waals surface area contributed by atoms with Gasteiger partial charge in [0.1, 0.15) is 5.76 Å². The number of carbonyl (C=O) groups is 3. The van der Waals surface area contributed by atoms with E-state index in [2.05, 4.69) is 5.32 Å². The highest BCUT2D eigenvalue weighted by atomic mass is 35.5. The lowest BCUT2D eigenvalue weighted by atomic mass is 10.1. The minimum absolute atomic E-state index is 0.00119. The summed E-state index contributed by atoms with van der Waals surface area (Å²) in [5.41, 5.74) is 0.474. The molecule has 0 saturated heterocycles. The maximum atomic E-state index is 12.0. The fourth-order valence-electron chi connectivity index (χ4n) is 2.04. The molecule has 2 aromatic rings. The number of ketones is 1. The normalized spacial score (nSPS) is 11.6. The molecular formula is C18H18ClNO5. The third kappa shape index (κ3) is 6.08. The second-order valence-electron chi connectivity index (χ2n) is 5.36. The Morgan fingerprint density at radius 3 is 2.52 bits per heavy atom.